The van der Waals surface area contributed by atoms with E-state index in [9.17, 15) is 4.79 Å². The lowest BCUT2D eigenvalue weighted by Crippen LogP contribution is -2.24. The number of rotatable bonds is 6. The van der Waals surface area contributed by atoms with Gasteiger partial charge < -0.3 is 14.8 Å². The van der Waals surface area contributed by atoms with Crippen LogP contribution in [0.1, 0.15) is 36.8 Å². The predicted octanol–water partition coefficient (Wildman–Crippen LogP) is 4.80. The second kappa shape index (κ2) is 8.17. The molecule has 1 N–H and O–H groups in total. The van der Waals surface area contributed by atoms with Gasteiger partial charge in [-0.25, -0.2) is 4.68 Å². The molecule has 0 unspecified atom stereocenters. The maximum atomic E-state index is 12.5. The Labute approximate surface area is 174 Å². The van der Waals surface area contributed by atoms with E-state index in [1.165, 1.54) is 0 Å². The van der Waals surface area contributed by atoms with Crippen LogP contribution in [-0.4, -0.2) is 29.4 Å². The fourth-order valence-electron chi connectivity index (χ4n) is 3.55. The van der Waals surface area contributed by atoms with Gasteiger partial charge >= 0.3 is 0 Å². The van der Waals surface area contributed by atoms with Crippen molar-refractivity contribution in [1.29, 1.82) is 0 Å². The van der Waals surface area contributed by atoms with Gasteiger partial charge in [0, 0.05) is 22.9 Å². The van der Waals surface area contributed by atoms with Crippen LogP contribution in [-0.2, 0) is 4.79 Å². The number of nitrogens with one attached hydrogen (secondary N) is 1. The second-order valence-electron chi connectivity index (χ2n) is 6.90. The average Bonchev–Trinajstić information content (AvgIpc) is 3.15. The number of hydrogen-bond donors (Lipinski definition) is 1. The van der Waals surface area contributed by atoms with Gasteiger partial charge in [0.05, 0.1) is 25.6 Å². The van der Waals surface area contributed by atoms with Crippen LogP contribution < -0.4 is 14.8 Å². The summed E-state index contributed by atoms with van der Waals surface area (Å²) in [6.07, 6.45) is 3.06. The van der Waals surface area contributed by atoms with Gasteiger partial charge in [-0.3, -0.25) is 4.79 Å². The molecule has 1 amide bonds. The highest BCUT2D eigenvalue weighted by Crippen LogP contribution is 2.40. The van der Waals surface area contributed by atoms with Crippen LogP contribution in [0.5, 0.6) is 11.5 Å². The molecule has 0 saturated carbocycles. The first kappa shape index (κ1) is 19.3. The highest BCUT2D eigenvalue weighted by atomic mass is 35.5. The molecule has 0 aliphatic carbocycles. The lowest BCUT2D eigenvalue weighted by molar-refractivity contribution is -0.116. The molecule has 1 aliphatic heterocycles. The molecule has 1 aromatic heterocycles. The van der Waals surface area contributed by atoms with Crippen molar-refractivity contribution in [2.75, 3.05) is 19.0 Å². The Kier molecular flexibility index (Phi) is 5.45. The van der Waals surface area contributed by atoms with Crippen LogP contribution in [0.2, 0.25) is 5.02 Å². The van der Waals surface area contributed by atoms with Crippen LogP contribution in [0.25, 0.3) is 5.69 Å². The number of hydrogen-bond acceptors (Lipinski definition) is 4. The number of ether oxygens (including phenoxy) is 2. The highest BCUT2D eigenvalue weighted by molar-refractivity contribution is 6.30. The molecule has 29 heavy (non-hydrogen) atoms. The van der Waals surface area contributed by atoms with E-state index in [0.717, 1.165) is 23.2 Å². The number of aromatic nitrogens is 2. The maximum absolute atomic E-state index is 12.5. The number of halogens is 1. The van der Waals surface area contributed by atoms with E-state index in [0.29, 0.717) is 35.4 Å². The first-order chi connectivity index (χ1) is 14.1. The molecule has 0 saturated heterocycles. The van der Waals surface area contributed by atoms with Gasteiger partial charge in [-0.1, -0.05) is 30.7 Å². The third-order valence-corrected chi connectivity index (χ3v) is 5.16. The minimum atomic E-state index is -0.124. The zero-order chi connectivity index (χ0) is 20.4. The summed E-state index contributed by atoms with van der Waals surface area (Å²) < 4.78 is 13.0. The number of carbonyl (C=O) groups excluding carboxylic acids is 1. The molecule has 2 aromatic carbocycles. The quantitative estimate of drug-likeness (QED) is 0.632. The second-order valence-corrected chi connectivity index (χ2v) is 7.34. The zero-order valence-electron chi connectivity index (χ0n) is 16.3. The summed E-state index contributed by atoms with van der Waals surface area (Å²) in [5, 5.41) is 8.07. The van der Waals surface area contributed by atoms with Gasteiger partial charge in [-0.2, -0.15) is 5.10 Å². The standard InChI is InChI=1S/C22H22ClN3O3/c1-3-9-29-19-8-7-14(10-20(19)28-2)17-12-21(27)25-22-18(17)13-24-26(22)16-6-4-5-15(23)11-16/h4-8,10-11,13,17H,3,9,12H2,1-2H3,(H,25,27)/t17-/m1/s1. The van der Waals surface area contributed by atoms with E-state index in [-0.39, 0.29) is 11.8 Å². The number of amides is 1. The zero-order valence-corrected chi connectivity index (χ0v) is 17.1. The molecule has 2 heterocycles. The Hall–Kier alpha value is -2.99. The van der Waals surface area contributed by atoms with Crippen molar-refractivity contribution >= 4 is 23.3 Å². The first-order valence-electron chi connectivity index (χ1n) is 9.55. The summed E-state index contributed by atoms with van der Waals surface area (Å²) in [5.41, 5.74) is 2.72. The van der Waals surface area contributed by atoms with Crippen molar-refractivity contribution in [2.24, 2.45) is 0 Å². The van der Waals surface area contributed by atoms with Gasteiger partial charge in [-0.15, -0.1) is 0 Å². The number of nitrogens with zero attached hydrogens (tertiary/aromatic N) is 2. The number of fused-ring (bicyclic) bond motifs is 1. The van der Waals surface area contributed by atoms with Crippen molar-refractivity contribution < 1.29 is 14.3 Å². The minimum absolute atomic E-state index is 0.0587. The van der Waals surface area contributed by atoms with Crippen molar-refractivity contribution in [3.8, 4) is 17.2 Å². The molecular formula is C22H22ClN3O3. The normalized spacial score (nSPS) is 15.6. The first-order valence-corrected chi connectivity index (χ1v) is 9.93. The fraction of sp³-hybridized carbons (Fsp3) is 0.273. The SMILES string of the molecule is CCCOc1ccc([C@H]2CC(=O)Nc3c2cnn3-c2cccc(Cl)c2)cc1OC. The van der Waals surface area contributed by atoms with E-state index in [1.54, 1.807) is 24.1 Å². The summed E-state index contributed by atoms with van der Waals surface area (Å²) in [6, 6.07) is 13.2. The topological polar surface area (TPSA) is 65.4 Å². The van der Waals surface area contributed by atoms with Gasteiger partial charge in [-0.05, 0) is 42.3 Å². The lowest BCUT2D eigenvalue weighted by atomic mass is 9.87. The molecule has 3 aromatic rings. The monoisotopic (exact) mass is 411 g/mol. The molecule has 0 spiro atoms. The molecule has 1 aliphatic rings. The summed E-state index contributed by atoms with van der Waals surface area (Å²) in [7, 11) is 1.62. The van der Waals surface area contributed by atoms with E-state index in [1.807, 2.05) is 36.4 Å². The summed E-state index contributed by atoms with van der Waals surface area (Å²) in [4.78, 5) is 12.5. The largest absolute Gasteiger partial charge is 0.493 e. The third kappa shape index (κ3) is 3.80. The smallest absolute Gasteiger partial charge is 0.226 e. The van der Waals surface area contributed by atoms with Crippen LogP contribution in [0.4, 0.5) is 5.82 Å². The molecule has 150 valence electrons. The Balaban J connectivity index is 1.73. The van der Waals surface area contributed by atoms with E-state index in [2.05, 4.69) is 17.3 Å². The fourth-order valence-corrected chi connectivity index (χ4v) is 3.74. The Morgan fingerprint density at radius 2 is 2.10 bits per heavy atom. The lowest BCUT2D eigenvalue weighted by Gasteiger charge is -2.24. The minimum Gasteiger partial charge on any atom is -0.493 e. The Morgan fingerprint density at radius 3 is 2.86 bits per heavy atom. The van der Waals surface area contributed by atoms with Crippen molar-refractivity contribution in [2.45, 2.75) is 25.7 Å². The Bertz CT molecular complexity index is 1050. The van der Waals surface area contributed by atoms with Crippen LogP contribution in [0, 0.1) is 0 Å². The van der Waals surface area contributed by atoms with Crippen LogP contribution in [0.15, 0.2) is 48.7 Å². The van der Waals surface area contributed by atoms with Gasteiger partial charge in [0.15, 0.2) is 11.5 Å². The van der Waals surface area contributed by atoms with Crippen LogP contribution in [0.3, 0.4) is 0 Å². The van der Waals surface area contributed by atoms with E-state index < -0.39 is 0 Å². The number of anilines is 1. The van der Waals surface area contributed by atoms with Gasteiger partial charge in [0.2, 0.25) is 5.91 Å². The average molecular weight is 412 g/mol. The molecule has 6 nitrogen and oxygen atoms in total. The predicted molar refractivity (Wildman–Crippen MR) is 112 cm³/mol. The summed E-state index contributed by atoms with van der Waals surface area (Å²) in [6.45, 7) is 2.68. The third-order valence-electron chi connectivity index (χ3n) is 4.92. The van der Waals surface area contributed by atoms with Crippen molar-refractivity contribution in [3.63, 3.8) is 0 Å². The number of methoxy groups -OCH3 is 1. The molecule has 1 atom stereocenters. The van der Waals surface area contributed by atoms with Crippen molar-refractivity contribution in [1.82, 2.24) is 9.78 Å². The molecule has 4 rings (SSSR count). The molecular weight excluding hydrogens is 390 g/mol. The maximum Gasteiger partial charge on any atom is 0.226 e. The van der Waals surface area contributed by atoms with E-state index in [4.69, 9.17) is 21.1 Å². The number of carbonyl (C=O) groups is 1. The van der Waals surface area contributed by atoms with E-state index >= 15 is 0 Å². The summed E-state index contributed by atoms with van der Waals surface area (Å²) in [5.74, 6) is 1.84. The molecule has 7 heteroatoms. The van der Waals surface area contributed by atoms with Crippen LogP contribution >= 0.6 is 11.6 Å². The highest BCUT2D eigenvalue weighted by Gasteiger charge is 2.31. The van der Waals surface area contributed by atoms with Gasteiger partial charge in [0.25, 0.3) is 0 Å². The molecule has 0 bridgehead atoms. The molecule has 0 radical (unpaired) electrons. The molecule has 0 fully saturated rings. The van der Waals surface area contributed by atoms with Gasteiger partial charge in [0.1, 0.15) is 5.82 Å². The summed E-state index contributed by atoms with van der Waals surface area (Å²) >= 11 is 6.13. The Morgan fingerprint density at radius 1 is 1.24 bits per heavy atom. The van der Waals surface area contributed by atoms with Crippen molar-refractivity contribution in [3.05, 3.63) is 64.8 Å². The number of benzene rings is 2.